The van der Waals surface area contributed by atoms with E-state index in [1.807, 2.05) is 12.1 Å². The first kappa shape index (κ1) is 31.3. The fourth-order valence-electron chi connectivity index (χ4n) is 6.07. The summed E-state index contributed by atoms with van der Waals surface area (Å²) in [5.74, 6) is -2.59. The number of primary amides is 1. The van der Waals surface area contributed by atoms with Crippen LogP contribution in [-0.4, -0.2) is 81.3 Å². The van der Waals surface area contributed by atoms with E-state index in [0.29, 0.717) is 59.3 Å². The van der Waals surface area contributed by atoms with Gasteiger partial charge in [-0.05, 0) is 36.6 Å². The SMILES string of the molecule is Cn1ncc2cc(F)c(-c3cccc4c3c(C3CCN(C(=O)CCC(N)=O)CC3)nn4CC(=O)NCc3cn(CC(=O)O)nn3)cc21. The van der Waals surface area contributed by atoms with Crippen LogP contribution in [0.25, 0.3) is 32.9 Å². The van der Waals surface area contributed by atoms with Gasteiger partial charge in [0.05, 0.1) is 35.7 Å². The van der Waals surface area contributed by atoms with E-state index in [4.69, 9.17) is 15.9 Å². The van der Waals surface area contributed by atoms with Gasteiger partial charge in [-0.25, -0.2) is 9.07 Å². The smallest absolute Gasteiger partial charge is 0.325 e. The zero-order chi connectivity index (χ0) is 33.2. The summed E-state index contributed by atoms with van der Waals surface area (Å²) in [6, 6.07) is 8.68. The number of fused-ring (bicyclic) bond motifs is 2. The number of carbonyl (C=O) groups is 4. The van der Waals surface area contributed by atoms with Gasteiger partial charge in [-0.1, -0.05) is 17.3 Å². The number of hydrogen-bond acceptors (Lipinski definition) is 8. The maximum atomic E-state index is 15.7. The number of carboxylic acid groups (broad SMARTS) is 1. The number of aryl methyl sites for hydroxylation is 1. The van der Waals surface area contributed by atoms with Crippen molar-refractivity contribution >= 4 is 45.5 Å². The van der Waals surface area contributed by atoms with E-state index < -0.39 is 17.7 Å². The number of halogens is 1. The molecule has 1 fully saturated rings. The Bertz CT molecular complexity index is 2010. The lowest BCUT2D eigenvalue weighted by Crippen LogP contribution is -2.38. The first-order valence-electron chi connectivity index (χ1n) is 15.1. The molecule has 0 atom stereocenters. The van der Waals surface area contributed by atoms with Gasteiger partial charge in [0.15, 0.2) is 0 Å². The van der Waals surface area contributed by atoms with Crippen molar-refractivity contribution < 1.29 is 28.7 Å². The van der Waals surface area contributed by atoms with Gasteiger partial charge in [0.2, 0.25) is 17.7 Å². The number of aromatic nitrogens is 7. The van der Waals surface area contributed by atoms with Crippen molar-refractivity contribution in [3.63, 3.8) is 0 Å². The number of carbonyl (C=O) groups excluding carboxylic acids is 3. The van der Waals surface area contributed by atoms with Crippen LogP contribution in [0.3, 0.4) is 0 Å². The Kier molecular flexibility index (Phi) is 8.65. The zero-order valence-corrected chi connectivity index (χ0v) is 25.6. The molecular weight excluding hydrogens is 611 g/mol. The molecule has 0 aliphatic carbocycles. The third-order valence-corrected chi connectivity index (χ3v) is 8.39. The van der Waals surface area contributed by atoms with Crippen LogP contribution in [-0.2, 0) is 45.9 Å². The number of rotatable bonds is 11. The van der Waals surface area contributed by atoms with Gasteiger partial charge in [0.25, 0.3) is 0 Å². The Hall–Kier alpha value is -5.67. The standard InChI is InChI=1S/C31H33FN10O5/c1-39-25-12-22(23(32)11-19(25)13-35-39)21-3-2-4-24-30(21)31(18-7-9-40(10-8-18)28(45)6-5-26(33)43)37-42(24)16-27(44)34-14-20-15-41(38-36-20)17-29(46)47/h2-4,11-13,15,18H,5-10,14,16-17H2,1H3,(H2,33,43)(H,34,44)(H,46,47). The molecule has 0 radical (unpaired) electrons. The van der Waals surface area contributed by atoms with Gasteiger partial charge in [0.1, 0.15) is 24.6 Å². The second-order valence-electron chi connectivity index (χ2n) is 11.6. The van der Waals surface area contributed by atoms with E-state index >= 15 is 4.39 Å². The number of nitrogens with two attached hydrogens (primary N) is 1. The van der Waals surface area contributed by atoms with Crippen molar-refractivity contribution in [3.05, 3.63) is 59.9 Å². The Balaban J connectivity index is 1.31. The van der Waals surface area contributed by atoms with Crippen molar-refractivity contribution in [3.8, 4) is 11.1 Å². The lowest BCUT2D eigenvalue weighted by atomic mass is 9.88. The van der Waals surface area contributed by atoms with Gasteiger partial charge in [-0.15, -0.1) is 5.10 Å². The Morgan fingerprint density at radius 3 is 2.60 bits per heavy atom. The number of carboxylic acids is 1. The first-order valence-corrected chi connectivity index (χ1v) is 15.1. The molecule has 6 rings (SSSR count). The van der Waals surface area contributed by atoms with Gasteiger partial charge in [-0.2, -0.15) is 10.2 Å². The molecule has 0 unspecified atom stereocenters. The Labute approximate surface area is 267 Å². The van der Waals surface area contributed by atoms with Gasteiger partial charge in [0, 0.05) is 55.2 Å². The van der Waals surface area contributed by atoms with Crippen LogP contribution in [0, 0.1) is 5.82 Å². The monoisotopic (exact) mass is 644 g/mol. The Morgan fingerprint density at radius 2 is 1.85 bits per heavy atom. The van der Waals surface area contributed by atoms with Gasteiger partial charge < -0.3 is 21.1 Å². The minimum Gasteiger partial charge on any atom is -0.480 e. The minimum atomic E-state index is -1.06. The van der Waals surface area contributed by atoms with Crippen molar-refractivity contribution in [2.45, 2.75) is 51.2 Å². The largest absolute Gasteiger partial charge is 0.480 e. The van der Waals surface area contributed by atoms with Crippen LogP contribution in [0.5, 0.6) is 0 Å². The summed E-state index contributed by atoms with van der Waals surface area (Å²) in [5.41, 5.74) is 8.72. The molecule has 3 amide bonds. The second-order valence-corrected chi connectivity index (χ2v) is 11.6. The predicted molar refractivity (Wildman–Crippen MR) is 166 cm³/mol. The zero-order valence-electron chi connectivity index (χ0n) is 25.6. The van der Waals surface area contributed by atoms with Crippen molar-refractivity contribution in [1.82, 2.24) is 44.8 Å². The lowest BCUT2D eigenvalue weighted by Gasteiger charge is -2.31. The molecule has 3 aromatic heterocycles. The molecule has 15 nitrogen and oxygen atoms in total. The average Bonchev–Trinajstić information content (AvgIpc) is 3.75. The summed E-state index contributed by atoms with van der Waals surface area (Å²) in [4.78, 5) is 49.6. The van der Waals surface area contributed by atoms with Crippen LogP contribution >= 0.6 is 0 Å². The van der Waals surface area contributed by atoms with E-state index in [-0.39, 0.29) is 50.2 Å². The number of nitrogens with one attached hydrogen (secondary N) is 1. The molecule has 16 heteroatoms. The fourth-order valence-corrected chi connectivity index (χ4v) is 6.07. The summed E-state index contributed by atoms with van der Waals surface area (Å²) < 4.78 is 20.1. The molecule has 244 valence electrons. The fraction of sp³-hybridized carbons (Fsp3) is 0.355. The van der Waals surface area contributed by atoms with Gasteiger partial charge >= 0.3 is 5.97 Å². The Morgan fingerprint density at radius 1 is 1.06 bits per heavy atom. The molecule has 0 spiro atoms. The molecule has 2 aromatic carbocycles. The highest BCUT2D eigenvalue weighted by atomic mass is 19.1. The van der Waals surface area contributed by atoms with Crippen LogP contribution in [0.15, 0.2) is 42.7 Å². The van der Waals surface area contributed by atoms with Crippen molar-refractivity contribution in [2.75, 3.05) is 13.1 Å². The molecule has 1 saturated heterocycles. The number of nitrogens with zero attached hydrogens (tertiary/aromatic N) is 8. The molecule has 0 bridgehead atoms. The molecule has 5 aromatic rings. The highest BCUT2D eigenvalue weighted by molar-refractivity contribution is 6.00. The second kappa shape index (κ2) is 13.0. The van der Waals surface area contributed by atoms with Crippen molar-refractivity contribution in [2.24, 2.45) is 12.8 Å². The van der Waals surface area contributed by atoms with Crippen LogP contribution < -0.4 is 11.1 Å². The third kappa shape index (κ3) is 6.66. The molecule has 1 aliphatic rings. The van der Waals surface area contributed by atoms with Crippen molar-refractivity contribution in [1.29, 1.82) is 0 Å². The average molecular weight is 645 g/mol. The number of amides is 3. The van der Waals surface area contributed by atoms with Crippen LogP contribution in [0.2, 0.25) is 0 Å². The number of likely N-dealkylation sites (tertiary alicyclic amines) is 1. The number of aliphatic carboxylic acids is 1. The van der Waals surface area contributed by atoms with E-state index in [0.717, 1.165) is 15.6 Å². The summed E-state index contributed by atoms with van der Waals surface area (Å²) >= 11 is 0. The van der Waals surface area contributed by atoms with Crippen LogP contribution in [0.1, 0.15) is 43.0 Å². The maximum absolute atomic E-state index is 15.7. The number of benzene rings is 2. The highest BCUT2D eigenvalue weighted by Gasteiger charge is 2.29. The third-order valence-electron chi connectivity index (χ3n) is 8.39. The highest BCUT2D eigenvalue weighted by Crippen LogP contribution is 2.39. The van der Waals surface area contributed by atoms with E-state index in [1.165, 1.54) is 12.3 Å². The number of hydrogen-bond donors (Lipinski definition) is 3. The molecule has 1 aliphatic heterocycles. The minimum absolute atomic E-state index is 0.00740. The molecular formula is C31H33FN10O5. The lowest BCUT2D eigenvalue weighted by molar-refractivity contribution is -0.138. The van der Waals surface area contributed by atoms with Crippen LogP contribution in [0.4, 0.5) is 4.39 Å². The topological polar surface area (TPSA) is 196 Å². The molecule has 4 heterocycles. The molecule has 0 saturated carbocycles. The van der Waals surface area contributed by atoms with E-state index in [9.17, 15) is 19.2 Å². The number of piperidine rings is 1. The maximum Gasteiger partial charge on any atom is 0.325 e. The normalized spacial score (nSPS) is 13.8. The van der Waals surface area contributed by atoms with E-state index in [1.54, 1.807) is 39.6 Å². The summed E-state index contributed by atoms with van der Waals surface area (Å²) in [7, 11) is 1.79. The van der Waals surface area contributed by atoms with Gasteiger partial charge in [-0.3, -0.25) is 28.5 Å². The first-order chi connectivity index (χ1) is 22.6. The molecule has 4 N–H and O–H groups in total. The predicted octanol–water partition coefficient (Wildman–Crippen LogP) is 1.69. The molecule has 47 heavy (non-hydrogen) atoms. The van der Waals surface area contributed by atoms with E-state index in [2.05, 4.69) is 20.7 Å². The quantitative estimate of drug-likeness (QED) is 0.192. The summed E-state index contributed by atoms with van der Waals surface area (Å²) in [6.07, 6.45) is 4.28. The summed E-state index contributed by atoms with van der Waals surface area (Å²) in [6.45, 7) is 0.457. The summed E-state index contributed by atoms with van der Waals surface area (Å²) in [5, 5.41) is 29.9.